The van der Waals surface area contributed by atoms with Crippen LogP contribution in [0.5, 0.6) is 5.75 Å². The fourth-order valence-corrected chi connectivity index (χ4v) is 1.61. The van der Waals surface area contributed by atoms with Gasteiger partial charge in [-0.3, -0.25) is 0 Å². The summed E-state index contributed by atoms with van der Waals surface area (Å²) >= 11 is 0. The summed E-state index contributed by atoms with van der Waals surface area (Å²) in [6, 6.07) is 8.21. The Kier molecular flexibility index (Phi) is 5.78. The lowest BCUT2D eigenvalue weighted by Gasteiger charge is -2.10. The predicted molar refractivity (Wildman–Crippen MR) is 74.4 cm³/mol. The summed E-state index contributed by atoms with van der Waals surface area (Å²) in [4.78, 5) is 0. The van der Waals surface area contributed by atoms with Gasteiger partial charge in [-0.2, -0.15) is 0 Å². The maximum Gasteiger partial charge on any atom is 0.120 e. The van der Waals surface area contributed by atoms with E-state index in [4.69, 9.17) is 4.74 Å². The monoisotopic (exact) mass is 233 g/mol. The second kappa shape index (κ2) is 7.13. The van der Waals surface area contributed by atoms with E-state index >= 15 is 0 Å². The Bertz CT molecular complexity index is 369. The summed E-state index contributed by atoms with van der Waals surface area (Å²) in [7, 11) is 0. The minimum atomic E-state index is 0.220. The minimum absolute atomic E-state index is 0.220. The third-order valence-electron chi connectivity index (χ3n) is 2.30. The molecule has 17 heavy (non-hydrogen) atoms. The number of rotatable bonds is 6. The van der Waals surface area contributed by atoms with Crippen LogP contribution in [0.15, 0.2) is 29.8 Å². The number of likely N-dealkylation sites (N-methyl/N-ethyl adjacent to an activating group) is 1. The molecule has 0 atom stereocenters. The van der Waals surface area contributed by atoms with Crippen molar-refractivity contribution in [2.75, 3.05) is 13.1 Å². The lowest BCUT2D eigenvalue weighted by Crippen LogP contribution is -2.14. The third-order valence-corrected chi connectivity index (χ3v) is 2.30. The molecule has 0 aromatic heterocycles. The van der Waals surface area contributed by atoms with Gasteiger partial charge in [0.05, 0.1) is 6.10 Å². The number of ether oxygens (including phenoxy) is 1. The highest BCUT2D eigenvalue weighted by Crippen LogP contribution is 2.16. The van der Waals surface area contributed by atoms with E-state index < -0.39 is 0 Å². The van der Waals surface area contributed by atoms with E-state index in [1.807, 2.05) is 26.0 Å². The van der Waals surface area contributed by atoms with Crippen LogP contribution in [0.1, 0.15) is 33.3 Å². The summed E-state index contributed by atoms with van der Waals surface area (Å²) in [5.74, 6) is 0.935. The highest BCUT2D eigenvalue weighted by molar-refractivity contribution is 5.54. The Hall–Kier alpha value is -1.28. The Balaban J connectivity index is 2.70. The van der Waals surface area contributed by atoms with Gasteiger partial charge >= 0.3 is 0 Å². The molecular weight excluding hydrogens is 210 g/mol. The molecule has 94 valence electrons. The van der Waals surface area contributed by atoms with Crippen molar-refractivity contribution in [3.63, 3.8) is 0 Å². The van der Waals surface area contributed by atoms with Crippen molar-refractivity contribution < 1.29 is 4.74 Å². The molecule has 0 saturated carbocycles. The van der Waals surface area contributed by atoms with Crippen molar-refractivity contribution in [3.8, 4) is 5.75 Å². The number of benzene rings is 1. The molecule has 0 spiro atoms. The molecule has 2 heteroatoms. The summed E-state index contributed by atoms with van der Waals surface area (Å²) in [6.45, 7) is 10.3. The lowest BCUT2D eigenvalue weighted by atomic mass is 10.1. The molecule has 0 saturated heterocycles. The first-order valence-electron chi connectivity index (χ1n) is 6.26. The van der Waals surface area contributed by atoms with Crippen LogP contribution in [0.3, 0.4) is 0 Å². The SMILES string of the molecule is CCNCC(C)=Cc1cccc(OC(C)C)c1. The second-order valence-corrected chi connectivity index (χ2v) is 4.51. The molecule has 0 amide bonds. The van der Waals surface area contributed by atoms with Gasteiger partial charge in [-0.15, -0.1) is 0 Å². The van der Waals surface area contributed by atoms with Gasteiger partial charge in [0.2, 0.25) is 0 Å². The number of hydrogen-bond donors (Lipinski definition) is 1. The van der Waals surface area contributed by atoms with E-state index in [9.17, 15) is 0 Å². The molecule has 2 nitrogen and oxygen atoms in total. The molecule has 0 radical (unpaired) electrons. The molecule has 0 heterocycles. The van der Waals surface area contributed by atoms with Crippen LogP contribution in [-0.4, -0.2) is 19.2 Å². The Labute approximate surface area is 105 Å². The average Bonchev–Trinajstić information content (AvgIpc) is 2.26. The summed E-state index contributed by atoms with van der Waals surface area (Å²) in [5.41, 5.74) is 2.52. The van der Waals surface area contributed by atoms with Gasteiger partial charge in [0.1, 0.15) is 5.75 Å². The van der Waals surface area contributed by atoms with Gasteiger partial charge in [-0.1, -0.05) is 30.7 Å². The molecule has 0 aliphatic rings. The molecule has 1 rings (SSSR count). The van der Waals surface area contributed by atoms with Crippen LogP contribution in [0.4, 0.5) is 0 Å². The first-order chi connectivity index (χ1) is 8.11. The smallest absolute Gasteiger partial charge is 0.120 e. The average molecular weight is 233 g/mol. The standard InChI is InChI=1S/C15H23NO/c1-5-16-11-13(4)9-14-7-6-8-15(10-14)17-12(2)3/h6-10,12,16H,5,11H2,1-4H3. The Morgan fingerprint density at radius 1 is 1.41 bits per heavy atom. The molecule has 0 aliphatic carbocycles. The molecule has 1 N–H and O–H groups in total. The largest absolute Gasteiger partial charge is 0.491 e. The quantitative estimate of drug-likeness (QED) is 0.812. The van der Waals surface area contributed by atoms with Crippen molar-refractivity contribution in [2.24, 2.45) is 0 Å². The molecule has 0 unspecified atom stereocenters. The van der Waals surface area contributed by atoms with Gasteiger partial charge in [0, 0.05) is 6.54 Å². The van der Waals surface area contributed by atoms with Crippen molar-refractivity contribution in [1.82, 2.24) is 5.32 Å². The molecule has 1 aromatic rings. The second-order valence-electron chi connectivity index (χ2n) is 4.51. The van der Waals surface area contributed by atoms with Crippen molar-refractivity contribution in [3.05, 3.63) is 35.4 Å². The zero-order valence-electron chi connectivity index (χ0n) is 11.3. The summed E-state index contributed by atoms with van der Waals surface area (Å²) in [5, 5.41) is 3.32. The highest BCUT2D eigenvalue weighted by atomic mass is 16.5. The maximum atomic E-state index is 5.67. The van der Waals surface area contributed by atoms with Crippen LogP contribution >= 0.6 is 0 Å². The fraction of sp³-hybridized carbons (Fsp3) is 0.467. The van der Waals surface area contributed by atoms with Crippen LogP contribution < -0.4 is 10.1 Å². The van der Waals surface area contributed by atoms with E-state index in [-0.39, 0.29) is 6.10 Å². The molecule has 1 aromatic carbocycles. The zero-order valence-corrected chi connectivity index (χ0v) is 11.3. The van der Waals surface area contributed by atoms with E-state index in [2.05, 4.69) is 37.4 Å². The van der Waals surface area contributed by atoms with Crippen LogP contribution in [-0.2, 0) is 0 Å². The zero-order chi connectivity index (χ0) is 12.7. The first-order valence-corrected chi connectivity index (χ1v) is 6.26. The number of hydrogen-bond acceptors (Lipinski definition) is 2. The third kappa shape index (κ3) is 5.55. The first kappa shape index (κ1) is 13.8. The van der Waals surface area contributed by atoms with E-state index in [0.29, 0.717) is 0 Å². The normalized spacial score (nSPS) is 11.9. The summed E-state index contributed by atoms with van der Waals surface area (Å²) < 4.78 is 5.67. The van der Waals surface area contributed by atoms with E-state index in [0.717, 1.165) is 18.8 Å². The molecular formula is C15H23NO. The minimum Gasteiger partial charge on any atom is -0.491 e. The maximum absolute atomic E-state index is 5.67. The van der Waals surface area contributed by atoms with Crippen molar-refractivity contribution in [2.45, 2.75) is 33.8 Å². The number of nitrogens with one attached hydrogen (secondary N) is 1. The van der Waals surface area contributed by atoms with E-state index in [1.165, 1.54) is 11.1 Å². The fourth-order valence-electron chi connectivity index (χ4n) is 1.61. The van der Waals surface area contributed by atoms with Gasteiger partial charge in [0.15, 0.2) is 0 Å². The Morgan fingerprint density at radius 2 is 2.18 bits per heavy atom. The van der Waals surface area contributed by atoms with Crippen LogP contribution in [0.25, 0.3) is 6.08 Å². The lowest BCUT2D eigenvalue weighted by molar-refractivity contribution is 0.242. The van der Waals surface area contributed by atoms with Gasteiger partial charge in [0.25, 0.3) is 0 Å². The predicted octanol–water partition coefficient (Wildman–Crippen LogP) is 3.49. The Morgan fingerprint density at radius 3 is 2.82 bits per heavy atom. The molecule has 0 bridgehead atoms. The van der Waals surface area contributed by atoms with Gasteiger partial charge in [-0.25, -0.2) is 0 Å². The van der Waals surface area contributed by atoms with Crippen molar-refractivity contribution >= 4 is 6.08 Å². The molecule has 0 fully saturated rings. The van der Waals surface area contributed by atoms with Gasteiger partial charge < -0.3 is 10.1 Å². The van der Waals surface area contributed by atoms with Crippen molar-refractivity contribution in [1.29, 1.82) is 0 Å². The van der Waals surface area contributed by atoms with Crippen LogP contribution in [0.2, 0.25) is 0 Å². The highest BCUT2D eigenvalue weighted by Gasteiger charge is 1.98. The summed E-state index contributed by atoms with van der Waals surface area (Å²) in [6.07, 6.45) is 2.41. The molecule has 0 aliphatic heterocycles. The van der Waals surface area contributed by atoms with Gasteiger partial charge in [-0.05, 0) is 45.0 Å². The van der Waals surface area contributed by atoms with E-state index in [1.54, 1.807) is 0 Å². The topological polar surface area (TPSA) is 21.3 Å². The van der Waals surface area contributed by atoms with Crippen LogP contribution in [0, 0.1) is 0 Å².